The minimum Gasteiger partial charge on any atom is -0.489 e. The van der Waals surface area contributed by atoms with Crippen LogP contribution in [0.15, 0.2) is 48.8 Å². The first-order chi connectivity index (χ1) is 12.7. The summed E-state index contributed by atoms with van der Waals surface area (Å²) in [5.74, 6) is 0.779. The Labute approximate surface area is 154 Å². The molecule has 0 saturated carbocycles. The van der Waals surface area contributed by atoms with Gasteiger partial charge >= 0.3 is 0 Å². The molecule has 2 aliphatic rings. The molecule has 2 atom stereocenters. The number of hydrogen-bond acceptors (Lipinski definition) is 4. The molecule has 2 saturated heterocycles. The molecule has 2 bridgehead atoms. The number of rotatable bonds is 5. The molecule has 26 heavy (non-hydrogen) atoms. The summed E-state index contributed by atoms with van der Waals surface area (Å²) in [5.41, 5.74) is 1.69. The van der Waals surface area contributed by atoms with Crippen molar-refractivity contribution in [3.8, 4) is 5.75 Å². The highest BCUT2D eigenvalue weighted by molar-refractivity contribution is 5.94. The topological polar surface area (TPSA) is 54.5 Å². The van der Waals surface area contributed by atoms with Gasteiger partial charge in [0, 0.05) is 48.7 Å². The second-order valence-corrected chi connectivity index (χ2v) is 7.36. The van der Waals surface area contributed by atoms with E-state index in [0.717, 1.165) is 18.4 Å². The highest BCUT2D eigenvalue weighted by Crippen LogP contribution is 2.30. The summed E-state index contributed by atoms with van der Waals surface area (Å²) in [6.45, 7) is 0.443. The van der Waals surface area contributed by atoms with Gasteiger partial charge in [0.2, 0.25) is 0 Å². The van der Waals surface area contributed by atoms with Crippen LogP contribution < -0.4 is 10.1 Å². The summed E-state index contributed by atoms with van der Waals surface area (Å²) in [6.07, 6.45) is 8.10. The maximum absolute atomic E-state index is 12.9. The number of carbonyl (C=O) groups is 1. The Bertz CT molecular complexity index is 753. The minimum atomic E-state index is 0.0723. The zero-order valence-electron chi connectivity index (χ0n) is 15.1. The fraction of sp³-hybridized carbons (Fsp3) is 0.429. The third kappa shape index (κ3) is 3.73. The molecule has 5 heteroatoms. The van der Waals surface area contributed by atoms with Crippen molar-refractivity contribution in [2.75, 3.05) is 7.05 Å². The number of benzene rings is 1. The van der Waals surface area contributed by atoms with Crippen LogP contribution in [0.5, 0.6) is 5.75 Å². The lowest BCUT2D eigenvalue weighted by Gasteiger charge is -2.35. The second-order valence-electron chi connectivity index (χ2n) is 7.36. The number of nitrogens with zero attached hydrogens (tertiary/aromatic N) is 2. The summed E-state index contributed by atoms with van der Waals surface area (Å²) in [6, 6.07) is 12.8. The summed E-state index contributed by atoms with van der Waals surface area (Å²) >= 11 is 0. The first-order valence-corrected chi connectivity index (χ1v) is 9.34. The summed E-state index contributed by atoms with van der Waals surface area (Å²) in [4.78, 5) is 19.0. The Morgan fingerprint density at radius 2 is 2.04 bits per heavy atom. The van der Waals surface area contributed by atoms with Crippen molar-refractivity contribution in [3.63, 3.8) is 0 Å². The van der Waals surface area contributed by atoms with E-state index in [-0.39, 0.29) is 5.91 Å². The van der Waals surface area contributed by atoms with Crippen LogP contribution in [0.3, 0.4) is 0 Å². The van der Waals surface area contributed by atoms with E-state index in [0.29, 0.717) is 36.0 Å². The quantitative estimate of drug-likeness (QED) is 0.900. The van der Waals surface area contributed by atoms with Gasteiger partial charge in [0.15, 0.2) is 0 Å². The predicted molar refractivity (Wildman–Crippen MR) is 100 cm³/mol. The maximum atomic E-state index is 12.9. The number of pyridine rings is 1. The smallest absolute Gasteiger partial charge is 0.253 e. The van der Waals surface area contributed by atoms with Crippen LogP contribution in [-0.4, -0.2) is 41.0 Å². The largest absolute Gasteiger partial charge is 0.489 e. The van der Waals surface area contributed by atoms with Crippen LogP contribution in [0.25, 0.3) is 0 Å². The summed E-state index contributed by atoms with van der Waals surface area (Å²) in [5, 5.41) is 3.63. The lowest BCUT2D eigenvalue weighted by Crippen LogP contribution is -2.48. The number of amides is 1. The Kier molecular flexibility index (Phi) is 4.89. The molecule has 136 valence electrons. The van der Waals surface area contributed by atoms with Crippen molar-refractivity contribution in [2.45, 2.75) is 50.4 Å². The molecular weight excluding hydrogens is 326 g/mol. The zero-order valence-corrected chi connectivity index (χ0v) is 15.1. The molecule has 0 radical (unpaired) electrons. The molecular formula is C21H25N3O2. The number of carbonyl (C=O) groups excluding carboxylic acids is 1. The molecule has 2 aromatic rings. The van der Waals surface area contributed by atoms with Crippen molar-refractivity contribution in [3.05, 3.63) is 59.9 Å². The van der Waals surface area contributed by atoms with Gasteiger partial charge in [-0.2, -0.15) is 0 Å². The highest BCUT2D eigenvalue weighted by Gasteiger charge is 2.36. The van der Waals surface area contributed by atoms with Crippen molar-refractivity contribution >= 4 is 5.91 Å². The van der Waals surface area contributed by atoms with Crippen molar-refractivity contribution in [2.24, 2.45) is 0 Å². The average Bonchev–Trinajstić information content (AvgIpc) is 3.04. The first-order valence-electron chi connectivity index (χ1n) is 9.34. The van der Waals surface area contributed by atoms with Crippen molar-refractivity contribution in [1.29, 1.82) is 0 Å². The van der Waals surface area contributed by atoms with Gasteiger partial charge in [0.1, 0.15) is 12.4 Å². The molecule has 2 unspecified atom stereocenters. The fourth-order valence-electron chi connectivity index (χ4n) is 4.08. The van der Waals surface area contributed by atoms with E-state index in [1.807, 2.05) is 48.3 Å². The van der Waals surface area contributed by atoms with Gasteiger partial charge < -0.3 is 15.0 Å². The Morgan fingerprint density at radius 3 is 2.77 bits per heavy atom. The van der Waals surface area contributed by atoms with Crippen molar-refractivity contribution < 1.29 is 9.53 Å². The molecule has 1 amide bonds. The number of nitrogens with one attached hydrogen (secondary N) is 1. The summed E-state index contributed by atoms with van der Waals surface area (Å²) < 4.78 is 5.83. The van der Waals surface area contributed by atoms with Crippen LogP contribution >= 0.6 is 0 Å². The molecule has 1 N–H and O–H groups in total. The SMILES string of the molecule is CN(C(=O)c1cccc(OCc2cccnc2)c1)C1CC2CCC(C1)N2. The lowest BCUT2D eigenvalue weighted by atomic mass is 9.98. The molecule has 5 nitrogen and oxygen atoms in total. The van der Waals surface area contributed by atoms with Gasteiger partial charge in [-0.05, 0) is 49.9 Å². The van der Waals surface area contributed by atoms with Crippen LogP contribution in [0.1, 0.15) is 41.6 Å². The van der Waals surface area contributed by atoms with E-state index in [1.54, 1.807) is 12.4 Å². The van der Waals surface area contributed by atoms with E-state index in [2.05, 4.69) is 10.3 Å². The number of hydrogen-bond donors (Lipinski definition) is 1. The molecule has 4 rings (SSSR count). The van der Waals surface area contributed by atoms with E-state index >= 15 is 0 Å². The highest BCUT2D eigenvalue weighted by atomic mass is 16.5. The predicted octanol–water partition coefficient (Wildman–Crippen LogP) is 3.02. The van der Waals surface area contributed by atoms with Crippen LogP contribution in [-0.2, 0) is 6.61 Å². The number of piperidine rings is 1. The monoisotopic (exact) mass is 351 g/mol. The fourth-order valence-corrected chi connectivity index (χ4v) is 4.08. The van der Waals surface area contributed by atoms with Crippen molar-refractivity contribution in [1.82, 2.24) is 15.2 Å². The van der Waals surface area contributed by atoms with Gasteiger partial charge in [-0.25, -0.2) is 0 Å². The van der Waals surface area contributed by atoms with Gasteiger partial charge in [0.25, 0.3) is 5.91 Å². The molecule has 1 aromatic heterocycles. The number of aromatic nitrogens is 1. The molecule has 2 fully saturated rings. The Balaban J connectivity index is 1.41. The van der Waals surface area contributed by atoms with E-state index in [4.69, 9.17) is 4.74 Å². The van der Waals surface area contributed by atoms with E-state index in [9.17, 15) is 4.79 Å². The van der Waals surface area contributed by atoms with Crippen LogP contribution in [0.4, 0.5) is 0 Å². The zero-order chi connectivity index (χ0) is 17.9. The van der Waals surface area contributed by atoms with E-state index < -0.39 is 0 Å². The summed E-state index contributed by atoms with van der Waals surface area (Å²) in [7, 11) is 1.93. The third-order valence-corrected chi connectivity index (χ3v) is 5.53. The molecule has 0 aliphatic carbocycles. The molecule has 2 aliphatic heterocycles. The Morgan fingerprint density at radius 1 is 1.23 bits per heavy atom. The molecule has 3 heterocycles. The lowest BCUT2D eigenvalue weighted by molar-refractivity contribution is 0.0681. The van der Waals surface area contributed by atoms with Gasteiger partial charge in [-0.3, -0.25) is 9.78 Å². The Hall–Kier alpha value is -2.40. The number of fused-ring (bicyclic) bond motifs is 2. The molecule has 1 aromatic carbocycles. The second kappa shape index (κ2) is 7.46. The standard InChI is InChI=1S/C21H25N3O2/c1-24(19-11-17-7-8-18(12-19)23-17)21(25)16-5-2-6-20(10-16)26-14-15-4-3-9-22-13-15/h2-6,9-10,13,17-19,23H,7-8,11-12,14H2,1H3. The first kappa shape index (κ1) is 17.0. The van der Waals surface area contributed by atoms with Crippen LogP contribution in [0, 0.1) is 0 Å². The van der Waals surface area contributed by atoms with Gasteiger partial charge in [-0.1, -0.05) is 12.1 Å². The van der Waals surface area contributed by atoms with Gasteiger partial charge in [0.05, 0.1) is 0 Å². The van der Waals surface area contributed by atoms with Crippen LogP contribution in [0.2, 0.25) is 0 Å². The number of ether oxygens (including phenoxy) is 1. The molecule has 0 spiro atoms. The average molecular weight is 351 g/mol. The third-order valence-electron chi connectivity index (χ3n) is 5.53. The van der Waals surface area contributed by atoms with E-state index in [1.165, 1.54) is 12.8 Å². The minimum absolute atomic E-state index is 0.0723. The normalized spacial score (nSPS) is 24.3. The van der Waals surface area contributed by atoms with Gasteiger partial charge in [-0.15, -0.1) is 0 Å². The maximum Gasteiger partial charge on any atom is 0.253 e.